The van der Waals surface area contributed by atoms with E-state index in [1.54, 1.807) is 12.1 Å². The van der Waals surface area contributed by atoms with Crippen molar-refractivity contribution in [1.82, 2.24) is 0 Å². The van der Waals surface area contributed by atoms with Crippen LogP contribution in [0, 0.1) is 23.7 Å². The normalized spacial score (nSPS) is 28.7. The van der Waals surface area contributed by atoms with Gasteiger partial charge in [0.1, 0.15) is 0 Å². The van der Waals surface area contributed by atoms with Crippen LogP contribution in [0.2, 0.25) is 0 Å². The van der Waals surface area contributed by atoms with Crippen LogP contribution in [0.3, 0.4) is 0 Å². The summed E-state index contributed by atoms with van der Waals surface area (Å²) in [6, 6.07) is 9.16. The average Bonchev–Trinajstić information content (AvgIpc) is 3.03. The number of carboxylic acids is 1. The number of para-hydroxylation sites is 1. The van der Waals surface area contributed by atoms with Gasteiger partial charge in [-0.3, -0.25) is 9.59 Å². The van der Waals surface area contributed by atoms with E-state index in [-0.39, 0.29) is 17.7 Å². The van der Waals surface area contributed by atoms with Crippen molar-refractivity contribution >= 4 is 17.6 Å². The highest BCUT2D eigenvalue weighted by atomic mass is 16.4. The van der Waals surface area contributed by atoms with E-state index >= 15 is 0 Å². The first kappa shape index (κ1) is 14.6. The molecule has 1 fully saturated rings. The SMILES string of the molecule is CC(C)=C1[C@H]2C=C[C@H]1[C@@H](C(=O)Nc1ccccc1)[C@@H]2C(=O)O. The summed E-state index contributed by atoms with van der Waals surface area (Å²) in [6.45, 7) is 3.97. The third-order valence-corrected chi connectivity index (χ3v) is 4.61. The van der Waals surface area contributed by atoms with Gasteiger partial charge in [0.2, 0.25) is 5.91 Å². The summed E-state index contributed by atoms with van der Waals surface area (Å²) in [5.74, 6) is -2.59. The average molecular weight is 297 g/mol. The fraction of sp³-hybridized carbons (Fsp3) is 0.333. The molecular weight excluding hydrogens is 278 g/mol. The van der Waals surface area contributed by atoms with Gasteiger partial charge in [0.15, 0.2) is 0 Å². The van der Waals surface area contributed by atoms with Crippen LogP contribution in [0.1, 0.15) is 13.8 Å². The first-order valence-electron chi connectivity index (χ1n) is 7.45. The molecule has 0 aromatic heterocycles. The van der Waals surface area contributed by atoms with Gasteiger partial charge in [-0.15, -0.1) is 0 Å². The second-order valence-corrected chi connectivity index (χ2v) is 6.14. The summed E-state index contributed by atoms with van der Waals surface area (Å²) < 4.78 is 0. The highest BCUT2D eigenvalue weighted by Gasteiger charge is 2.54. The number of nitrogens with one attached hydrogen (secondary N) is 1. The van der Waals surface area contributed by atoms with Gasteiger partial charge >= 0.3 is 5.97 Å². The minimum Gasteiger partial charge on any atom is -0.481 e. The molecule has 1 saturated carbocycles. The summed E-state index contributed by atoms with van der Waals surface area (Å²) in [5, 5.41) is 12.4. The van der Waals surface area contributed by atoms with Crippen molar-refractivity contribution < 1.29 is 14.7 Å². The zero-order valence-electron chi connectivity index (χ0n) is 12.6. The van der Waals surface area contributed by atoms with Crippen molar-refractivity contribution in [2.24, 2.45) is 23.7 Å². The maximum absolute atomic E-state index is 12.7. The number of carbonyl (C=O) groups is 2. The Kier molecular flexibility index (Phi) is 3.61. The Morgan fingerprint density at radius 1 is 1.00 bits per heavy atom. The van der Waals surface area contributed by atoms with Crippen LogP contribution in [0.5, 0.6) is 0 Å². The van der Waals surface area contributed by atoms with Crippen LogP contribution in [0.15, 0.2) is 53.6 Å². The summed E-state index contributed by atoms with van der Waals surface area (Å²) in [7, 11) is 0. The van der Waals surface area contributed by atoms with E-state index in [9.17, 15) is 14.7 Å². The van der Waals surface area contributed by atoms with Crippen LogP contribution in [0.4, 0.5) is 5.69 Å². The molecule has 4 atom stereocenters. The third-order valence-electron chi connectivity index (χ3n) is 4.61. The predicted molar refractivity (Wildman–Crippen MR) is 84.2 cm³/mol. The Morgan fingerprint density at radius 3 is 2.14 bits per heavy atom. The number of hydrogen-bond donors (Lipinski definition) is 2. The predicted octanol–water partition coefficient (Wildman–Crippen LogP) is 3.09. The molecule has 0 radical (unpaired) electrons. The van der Waals surface area contributed by atoms with Gasteiger partial charge in [-0.25, -0.2) is 0 Å². The fourth-order valence-corrected chi connectivity index (χ4v) is 3.79. The molecule has 0 heterocycles. The van der Waals surface area contributed by atoms with E-state index in [1.165, 1.54) is 0 Å². The van der Waals surface area contributed by atoms with Crippen molar-refractivity contribution in [1.29, 1.82) is 0 Å². The number of allylic oxidation sites excluding steroid dienone is 4. The van der Waals surface area contributed by atoms with Gasteiger partial charge < -0.3 is 10.4 Å². The zero-order valence-corrected chi connectivity index (χ0v) is 12.6. The second-order valence-electron chi connectivity index (χ2n) is 6.14. The molecule has 22 heavy (non-hydrogen) atoms. The van der Waals surface area contributed by atoms with Crippen LogP contribution < -0.4 is 5.32 Å². The number of rotatable bonds is 3. The molecule has 2 aliphatic rings. The molecule has 0 spiro atoms. The van der Waals surface area contributed by atoms with Crippen molar-refractivity contribution in [3.05, 3.63) is 53.6 Å². The summed E-state index contributed by atoms with van der Waals surface area (Å²) in [6.07, 6.45) is 3.93. The fourth-order valence-electron chi connectivity index (χ4n) is 3.79. The van der Waals surface area contributed by atoms with E-state index < -0.39 is 17.8 Å². The van der Waals surface area contributed by atoms with Crippen LogP contribution in [-0.4, -0.2) is 17.0 Å². The number of aliphatic carboxylic acids is 1. The maximum atomic E-state index is 12.7. The highest BCUT2D eigenvalue weighted by molar-refractivity contribution is 5.97. The molecule has 2 N–H and O–H groups in total. The van der Waals surface area contributed by atoms with Crippen molar-refractivity contribution in [3.63, 3.8) is 0 Å². The smallest absolute Gasteiger partial charge is 0.308 e. The van der Waals surface area contributed by atoms with E-state index in [0.717, 1.165) is 11.1 Å². The van der Waals surface area contributed by atoms with Gasteiger partial charge in [-0.1, -0.05) is 41.5 Å². The number of carbonyl (C=O) groups excluding carboxylic acids is 1. The lowest BCUT2D eigenvalue weighted by atomic mass is 9.82. The molecule has 0 saturated heterocycles. The van der Waals surface area contributed by atoms with Crippen LogP contribution in [0.25, 0.3) is 0 Å². The number of anilines is 1. The first-order chi connectivity index (χ1) is 10.5. The van der Waals surface area contributed by atoms with E-state index in [1.807, 2.05) is 44.2 Å². The third kappa shape index (κ3) is 2.25. The molecule has 2 aliphatic carbocycles. The molecule has 1 aromatic carbocycles. The van der Waals surface area contributed by atoms with Crippen LogP contribution in [-0.2, 0) is 9.59 Å². The highest BCUT2D eigenvalue weighted by Crippen LogP contribution is 2.53. The quantitative estimate of drug-likeness (QED) is 0.843. The van der Waals surface area contributed by atoms with E-state index in [0.29, 0.717) is 5.69 Å². The lowest BCUT2D eigenvalue weighted by Crippen LogP contribution is -2.36. The maximum Gasteiger partial charge on any atom is 0.308 e. The topological polar surface area (TPSA) is 66.4 Å². The summed E-state index contributed by atoms with van der Waals surface area (Å²) in [4.78, 5) is 24.3. The summed E-state index contributed by atoms with van der Waals surface area (Å²) in [5.41, 5.74) is 2.91. The molecule has 3 rings (SSSR count). The molecule has 4 heteroatoms. The molecule has 4 nitrogen and oxygen atoms in total. The first-order valence-corrected chi connectivity index (χ1v) is 7.45. The molecule has 2 bridgehead atoms. The largest absolute Gasteiger partial charge is 0.481 e. The van der Waals surface area contributed by atoms with Crippen molar-refractivity contribution in [2.45, 2.75) is 13.8 Å². The van der Waals surface area contributed by atoms with Gasteiger partial charge in [0.05, 0.1) is 11.8 Å². The van der Waals surface area contributed by atoms with Gasteiger partial charge in [0.25, 0.3) is 0 Å². The van der Waals surface area contributed by atoms with Gasteiger partial charge in [0, 0.05) is 17.5 Å². The summed E-state index contributed by atoms with van der Waals surface area (Å²) >= 11 is 0. The van der Waals surface area contributed by atoms with E-state index in [4.69, 9.17) is 0 Å². The Balaban J connectivity index is 1.92. The molecule has 0 aliphatic heterocycles. The van der Waals surface area contributed by atoms with E-state index in [2.05, 4.69) is 5.32 Å². The molecule has 1 amide bonds. The minimum atomic E-state index is -0.899. The standard InChI is InChI=1S/C18H19NO3/c1-10(2)14-12-8-9-13(14)16(18(21)22)15(12)17(20)19-11-6-4-3-5-7-11/h3-9,12-13,15-16H,1-2H3,(H,19,20)(H,21,22)/t12-,13-,15-,16-/m1/s1. The van der Waals surface area contributed by atoms with Gasteiger partial charge in [-0.05, 0) is 26.0 Å². The number of hydrogen-bond acceptors (Lipinski definition) is 2. The Labute approximate surface area is 129 Å². The second kappa shape index (κ2) is 5.44. The molecule has 0 unspecified atom stereocenters. The minimum absolute atomic E-state index is 0.0974. The Morgan fingerprint density at radius 2 is 1.59 bits per heavy atom. The Bertz CT molecular complexity index is 671. The molecule has 1 aromatic rings. The lowest BCUT2D eigenvalue weighted by Gasteiger charge is -2.23. The molecule has 114 valence electrons. The Hall–Kier alpha value is -2.36. The van der Waals surface area contributed by atoms with Crippen molar-refractivity contribution in [3.8, 4) is 0 Å². The van der Waals surface area contributed by atoms with Crippen LogP contribution >= 0.6 is 0 Å². The number of carboxylic acid groups (broad SMARTS) is 1. The van der Waals surface area contributed by atoms with Crippen molar-refractivity contribution in [2.75, 3.05) is 5.32 Å². The monoisotopic (exact) mass is 297 g/mol. The number of benzene rings is 1. The molecular formula is C18H19NO3. The lowest BCUT2D eigenvalue weighted by molar-refractivity contribution is -0.146. The number of amides is 1. The number of fused-ring (bicyclic) bond motifs is 2. The zero-order chi connectivity index (χ0) is 15.9. The van der Waals surface area contributed by atoms with Gasteiger partial charge in [-0.2, -0.15) is 0 Å².